The number of unbranched alkanes of at least 4 members (excludes halogenated alkanes) is 1. The van der Waals surface area contributed by atoms with Crippen molar-refractivity contribution >= 4 is 29.9 Å². The van der Waals surface area contributed by atoms with Crippen molar-refractivity contribution in [2.24, 2.45) is 4.99 Å². The van der Waals surface area contributed by atoms with Gasteiger partial charge in [0, 0.05) is 20.1 Å². The molecule has 0 aliphatic heterocycles. The Morgan fingerprint density at radius 3 is 2.48 bits per heavy atom. The molecule has 132 valence electrons. The molecule has 0 bridgehead atoms. The van der Waals surface area contributed by atoms with Crippen LogP contribution in [0.3, 0.4) is 0 Å². The van der Waals surface area contributed by atoms with Crippen LogP contribution in [0.4, 0.5) is 13.2 Å². The number of hydrogen-bond donors (Lipinski definition) is 2. The molecular weight excluding hydrogens is 422 g/mol. The van der Waals surface area contributed by atoms with Crippen LogP contribution < -0.4 is 15.4 Å². The average Bonchev–Trinajstić information content (AvgIpc) is 2.49. The number of nitrogens with zero attached hydrogens (tertiary/aromatic N) is 1. The molecule has 0 radical (unpaired) electrons. The van der Waals surface area contributed by atoms with E-state index in [0.29, 0.717) is 5.96 Å². The summed E-state index contributed by atoms with van der Waals surface area (Å²) in [5, 5.41) is 5.95. The molecule has 0 aliphatic carbocycles. The van der Waals surface area contributed by atoms with Crippen molar-refractivity contribution in [2.45, 2.75) is 32.5 Å². The van der Waals surface area contributed by atoms with Crippen LogP contribution in [-0.4, -0.2) is 26.7 Å². The Balaban J connectivity index is 0.00000484. The van der Waals surface area contributed by atoms with Crippen LogP contribution >= 0.6 is 24.0 Å². The summed E-state index contributed by atoms with van der Waals surface area (Å²) in [4.78, 5) is 3.99. The van der Waals surface area contributed by atoms with Gasteiger partial charge < -0.3 is 15.4 Å². The van der Waals surface area contributed by atoms with Crippen molar-refractivity contribution in [1.29, 1.82) is 0 Å². The second kappa shape index (κ2) is 10.6. The minimum absolute atomic E-state index is 0. The molecule has 4 nitrogen and oxygen atoms in total. The second-order valence-corrected chi connectivity index (χ2v) is 4.73. The van der Waals surface area contributed by atoms with E-state index in [4.69, 9.17) is 4.74 Å². The van der Waals surface area contributed by atoms with Gasteiger partial charge in [-0.1, -0.05) is 19.4 Å². The predicted molar refractivity (Wildman–Crippen MR) is 96.5 cm³/mol. The van der Waals surface area contributed by atoms with Crippen LogP contribution in [0.5, 0.6) is 5.75 Å². The van der Waals surface area contributed by atoms with Gasteiger partial charge in [0.05, 0.1) is 12.7 Å². The maximum absolute atomic E-state index is 13.1. The summed E-state index contributed by atoms with van der Waals surface area (Å²) in [6.07, 6.45) is -2.43. The predicted octanol–water partition coefficient (Wildman–Crippen LogP) is 3.80. The fraction of sp³-hybridized carbons (Fsp3) is 0.533. The average molecular weight is 445 g/mol. The van der Waals surface area contributed by atoms with Gasteiger partial charge in [0.25, 0.3) is 0 Å². The molecule has 0 aromatic heterocycles. The van der Waals surface area contributed by atoms with Gasteiger partial charge in [-0.05, 0) is 24.1 Å². The van der Waals surface area contributed by atoms with E-state index in [1.807, 2.05) is 0 Å². The maximum atomic E-state index is 13.1. The van der Waals surface area contributed by atoms with Crippen LogP contribution in [0.1, 0.15) is 30.9 Å². The number of guanidine groups is 1. The second-order valence-electron chi connectivity index (χ2n) is 4.73. The van der Waals surface area contributed by atoms with Crippen molar-refractivity contribution < 1.29 is 17.9 Å². The van der Waals surface area contributed by atoms with Gasteiger partial charge in [0.2, 0.25) is 0 Å². The van der Waals surface area contributed by atoms with Gasteiger partial charge in [-0.15, -0.1) is 24.0 Å². The summed E-state index contributed by atoms with van der Waals surface area (Å²) >= 11 is 0. The molecular formula is C15H23F3IN3O. The molecule has 8 heteroatoms. The lowest BCUT2D eigenvalue weighted by Crippen LogP contribution is -2.37. The summed E-state index contributed by atoms with van der Waals surface area (Å²) in [6, 6.07) is 3.93. The van der Waals surface area contributed by atoms with Crippen LogP contribution in [0.15, 0.2) is 23.2 Å². The van der Waals surface area contributed by atoms with E-state index >= 15 is 0 Å². The van der Waals surface area contributed by atoms with Gasteiger partial charge in [-0.25, -0.2) is 0 Å². The number of nitrogens with one attached hydrogen (secondary N) is 2. The fourth-order valence-corrected chi connectivity index (χ4v) is 1.88. The first-order valence-electron chi connectivity index (χ1n) is 7.11. The van der Waals surface area contributed by atoms with Crippen molar-refractivity contribution in [1.82, 2.24) is 10.6 Å². The van der Waals surface area contributed by atoms with E-state index in [2.05, 4.69) is 22.5 Å². The lowest BCUT2D eigenvalue weighted by atomic mass is 10.1. The lowest BCUT2D eigenvalue weighted by Gasteiger charge is -2.16. The van der Waals surface area contributed by atoms with Crippen LogP contribution in [-0.2, 0) is 12.7 Å². The molecule has 0 heterocycles. The van der Waals surface area contributed by atoms with Crippen molar-refractivity contribution in [3.63, 3.8) is 0 Å². The standard InChI is InChI=1S/C15H22F3N3O.HI/c1-4-5-8-20-14(19-2)21-10-11-6-7-12(22-3)9-13(11)15(16,17)18;/h6-7,9H,4-5,8,10H2,1-3H3,(H2,19,20,21);1H. The summed E-state index contributed by atoms with van der Waals surface area (Å²) in [6.45, 7) is 2.82. The molecule has 0 fully saturated rings. The Bertz CT molecular complexity index is 507. The quantitative estimate of drug-likeness (QED) is 0.303. The summed E-state index contributed by atoms with van der Waals surface area (Å²) < 4.78 is 44.1. The summed E-state index contributed by atoms with van der Waals surface area (Å²) in [5.74, 6) is 0.666. The molecule has 0 aliphatic rings. The minimum atomic E-state index is -4.43. The smallest absolute Gasteiger partial charge is 0.416 e. The van der Waals surface area contributed by atoms with Crippen molar-refractivity contribution in [3.05, 3.63) is 29.3 Å². The van der Waals surface area contributed by atoms with Crippen molar-refractivity contribution in [3.8, 4) is 5.75 Å². The third kappa shape index (κ3) is 7.28. The molecule has 23 heavy (non-hydrogen) atoms. The van der Waals surface area contributed by atoms with E-state index in [1.54, 1.807) is 7.05 Å². The molecule has 1 rings (SSSR count). The highest BCUT2D eigenvalue weighted by atomic mass is 127. The Morgan fingerprint density at radius 2 is 1.96 bits per heavy atom. The largest absolute Gasteiger partial charge is 0.497 e. The first-order valence-corrected chi connectivity index (χ1v) is 7.11. The van der Waals surface area contributed by atoms with E-state index in [1.165, 1.54) is 19.2 Å². The van der Waals surface area contributed by atoms with Gasteiger partial charge >= 0.3 is 6.18 Å². The first-order chi connectivity index (χ1) is 10.4. The third-order valence-corrected chi connectivity index (χ3v) is 3.12. The van der Waals surface area contributed by atoms with Crippen molar-refractivity contribution in [2.75, 3.05) is 20.7 Å². The molecule has 0 atom stereocenters. The number of rotatable bonds is 6. The first kappa shape index (κ1) is 21.8. The number of halogens is 4. The topological polar surface area (TPSA) is 45.7 Å². The number of aliphatic imine (C=N–C) groups is 1. The van der Waals surface area contributed by atoms with Gasteiger partial charge in [0.1, 0.15) is 5.75 Å². The molecule has 1 aromatic carbocycles. The molecule has 2 N–H and O–H groups in total. The lowest BCUT2D eigenvalue weighted by molar-refractivity contribution is -0.138. The van der Waals surface area contributed by atoms with E-state index < -0.39 is 11.7 Å². The highest BCUT2D eigenvalue weighted by Crippen LogP contribution is 2.34. The highest BCUT2D eigenvalue weighted by molar-refractivity contribution is 14.0. The normalized spacial score (nSPS) is 11.7. The Labute approximate surface area is 151 Å². The van der Waals surface area contributed by atoms with Gasteiger partial charge in [-0.3, -0.25) is 4.99 Å². The molecule has 0 saturated carbocycles. The SMILES string of the molecule is CCCCNC(=NC)NCc1ccc(OC)cc1C(F)(F)F.I. The van der Waals surface area contributed by atoms with E-state index in [9.17, 15) is 13.2 Å². The van der Waals surface area contributed by atoms with E-state index in [0.717, 1.165) is 25.5 Å². The Morgan fingerprint density at radius 1 is 1.26 bits per heavy atom. The summed E-state index contributed by atoms with van der Waals surface area (Å²) in [7, 11) is 2.92. The molecule has 0 saturated heterocycles. The maximum Gasteiger partial charge on any atom is 0.416 e. The van der Waals surface area contributed by atoms with Crippen LogP contribution in [0.25, 0.3) is 0 Å². The number of hydrogen-bond acceptors (Lipinski definition) is 2. The number of alkyl halides is 3. The zero-order chi connectivity index (χ0) is 16.6. The third-order valence-electron chi connectivity index (χ3n) is 3.12. The molecule has 0 spiro atoms. The zero-order valence-corrected chi connectivity index (χ0v) is 15.8. The summed E-state index contributed by atoms with van der Waals surface area (Å²) in [5.41, 5.74) is -0.560. The number of ether oxygens (including phenoxy) is 1. The van der Waals surface area contributed by atoms with Gasteiger partial charge in [0.15, 0.2) is 5.96 Å². The highest BCUT2D eigenvalue weighted by Gasteiger charge is 2.33. The zero-order valence-electron chi connectivity index (χ0n) is 13.5. The van der Waals surface area contributed by atoms with Gasteiger partial charge in [-0.2, -0.15) is 13.2 Å². The van der Waals surface area contributed by atoms with Crippen LogP contribution in [0.2, 0.25) is 0 Å². The number of benzene rings is 1. The molecule has 1 aromatic rings. The molecule has 0 unspecified atom stereocenters. The number of methoxy groups -OCH3 is 1. The Hall–Kier alpha value is -1.19. The molecule has 0 amide bonds. The Kier molecular flexibility index (Phi) is 10.0. The monoisotopic (exact) mass is 445 g/mol. The van der Waals surface area contributed by atoms with Crippen LogP contribution in [0, 0.1) is 0 Å². The fourth-order valence-electron chi connectivity index (χ4n) is 1.88. The minimum Gasteiger partial charge on any atom is -0.497 e. The van der Waals surface area contributed by atoms with E-state index in [-0.39, 0.29) is 41.8 Å².